The molecule has 0 saturated heterocycles. The zero-order valence-corrected chi connectivity index (χ0v) is 15.1. The Morgan fingerprint density at radius 2 is 1.93 bits per heavy atom. The monoisotopic (exact) mass is 367 g/mol. The van der Waals surface area contributed by atoms with Crippen LogP contribution in [-0.2, 0) is 4.79 Å². The molecule has 1 aliphatic rings. The fraction of sp³-hybridized carbons (Fsp3) is 0.250. The van der Waals surface area contributed by atoms with Crippen LogP contribution in [0.4, 0.5) is 17.1 Å². The first kappa shape index (κ1) is 18.4. The standard InChI is InChI=1S/C20H21N3O4/c1-2-3-4-11-22-17-10-7-15(21)13-18(17)27-19(20(22)24)12-14-5-8-16(9-6-14)23(25)26/h5-10,12-13H,2-4,11,21H2,1H3/b19-12+. The Kier molecular flexibility index (Phi) is 5.40. The minimum absolute atomic E-state index is 0.00708. The average Bonchev–Trinajstić information content (AvgIpc) is 2.65. The van der Waals surface area contributed by atoms with E-state index in [1.54, 1.807) is 41.3 Å². The minimum atomic E-state index is -0.465. The Morgan fingerprint density at radius 3 is 2.59 bits per heavy atom. The van der Waals surface area contributed by atoms with Crippen molar-refractivity contribution in [3.05, 3.63) is 63.9 Å². The molecule has 0 unspecified atom stereocenters. The smallest absolute Gasteiger partial charge is 0.294 e. The van der Waals surface area contributed by atoms with Gasteiger partial charge in [0.1, 0.15) is 0 Å². The highest BCUT2D eigenvalue weighted by molar-refractivity contribution is 6.10. The van der Waals surface area contributed by atoms with Crippen LogP contribution >= 0.6 is 0 Å². The molecule has 140 valence electrons. The molecular formula is C20H21N3O4. The number of hydrogen-bond acceptors (Lipinski definition) is 5. The number of nitro benzene ring substituents is 1. The van der Waals surface area contributed by atoms with Gasteiger partial charge in [-0.1, -0.05) is 19.8 Å². The lowest BCUT2D eigenvalue weighted by atomic mass is 10.1. The molecule has 2 aromatic rings. The molecule has 0 saturated carbocycles. The van der Waals surface area contributed by atoms with Gasteiger partial charge in [0.05, 0.1) is 10.6 Å². The summed E-state index contributed by atoms with van der Waals surface area (Å²) in [5, 5.41) is 10.8. The molecule has 0 aromatic heterocycles. The summed E-state index contributed by atoms with van der Waals surface area (Å²) >= 11 is 0. The van der Waals surface area contributed by atoms with Gasteiger partial charge in [-0.05, 0) is 42.3 Å². The number of rotatable bonds is 6. The van der Waals surface area contributed by atoms with Crippen molar-refractivity contribution in [3.8, 4) is 5.75 Å². The van der Waals surface area contributed by atoms with Crippen LogP contribution in [0, 0.1) is 10.1 Å². The number of nitrogens with two attached hydrogens (primary N) is 1. The molecule has 2 N–H and O–H groups in total. The van der Waals surface area contributed by atoms with E-state index in [1.165, 1.54) is 12.1 Å². The van der Waals surface area contributed by atoms with Crippen molar-refractivity contribution in [2.75, 3.05) is 17.2 Å². The number of ether oxygens (including phenoxy) is 1. The first-order chi connectivity index (χ1) is 13.0. The van der Waals surface area contributed by atoms with Gasteiger partial charge in [-0.2, -0.15) is 0 Å². The summed E-state index contributed by atoms with van der Waals surface area (Å²) in [7, 11) is 0. The molecule has 0 atom stereocenters. The fourth-order valence-corrected chi connectivity index (χ4v) is 2.92. The quantitative estimate of drug-likeness (QED) is 0.272. The Hall–Kier alpha value is -3.35. The second-order valence-corrected chi connectivity index (χ2v) is 6.35. The van der Waals surface area contributed by atoms with Crippen LogP contribution in [0.1, 0.15) is 31.7 Å². The lowest BCUT2D eigenvalue weighted by Gasteiger charge is -2.30. The Bertz CT molecular complexity index is 891. The van der Waals surface area contributed by atoms with E-state index in [4.69, 9.17) is 10.5 Å². The molecule has 7 heteroatoms. The highest BCUT2D eigenvalue weighted by Gasteiger charge is 2.30. The maximum absolute atomic E-state index is 12.9. The predicted octanol–water partition coefficient (Wildman–Crippen LogP) is 4.13. The first-order valence-corrected chi connectivity index (χ1v) is 8.85. The normalized spacial score (nSPS) is 14.8. The third kappa shape index (κ3) is 4.08. The van der Waals surface area contributed by atoms with E-state index in [9.17, 15) is 14.9 Å². The van der Waals surface area contributed by atoms with Gasteiger partial charge in [0.25, 0.3) is 11.6 Å². The van der Waals surface area contributed by atoms with Crippen molar-refractivity contribution in [1.82, 2.24) is 0 Å². The molecule has 0 aliphatic carbocycles. The number of nitrogens with zero attached hydrogens (tertiary/aromatic N) is 2. The van der Waals surface area contributed by atoms with E-state index >= 15 is 0 Å². The number of unbranched alkanes of at least 4 members (excludes halogenated alkanes) is 2. The van der Waals surface area contributed by atoms with Crippen LogP contribution in [0.25, 0.3) is 6.08 Å². The number of carbonyl (C=O) groups is 1. The number of nitrogen functional groups attached to an aromatic ring is 1. The van der Waals surface area contributed by atoms with E-state index in [0.29, 0.717) is 29.2 Å². The van der Waals surface area contributed by atoms with Gasteiger partial charge in [0.15, 0.2) is 11.5 Å². The number of fused-ring (bicyclic) bond motifs is 1. The molecule has 3 rings (SSSR count). The highest BCUT2D eigenvalue weighted by atomic mass is 16.6. The second kappa shape index (κ2) is 7.90. The van der Waals surface area contributed by atoms with Crippen molar-refractivity contribution < 1.29 is 14.5 Å². The molecule has 0 bridgehead atoms. The molecule has 0 spiro atoms. The maximum Gasteiger partial charge on any atom is 0.294 e. The molecule has 0 fully saturated rings. The maximum atomic E-state index is 12.9. The summed E-state index contributed by atoms with van der Waals surface area (Å²) in [4.78, 5) is 25.0. The summed E-state index contributed by atoms with van der Waals surface area (Å²) in [5.74, 6) is 0.458. The van der Waals surface area contributed by atoms with E-state index in [0.717, 1.165) is 19.3 Å². The first-order valence-electron chi connectivity index (χ1n) is 8.85. The van der Waals surface area contributed by atoms with Crippen LogP contribution in [0.5, 0.6) is 5.75 Å². The molecule has 1 aliphatic heterocycles. The molecule has 1 amide bonds. The average molecular weight is 367 g/mol. The van der Waals surface area contributed by atoms with Gasteiger partial charge in [0.2, 0.25) is 0 Å². The van der Waals surface area contributed by atoms with Crippen LogP contribution in [-0.4, -0.2) is 17.4 Å². The van der Waals surface area contributed by atoms with Crippen molar-refractivity contribution in [3.63, 3.8) is 0 Å². The van der Waals surface area contributed by atoms with Crippen LogP contribution in [0.3, 0.4) is 0 Å². The third-order valence-electron chi connectivity index (χ3n) is 4.34. The summed E-state index contributed by atoms with van der Waals surface area (Å²) in [5.41, 5.74) is 7.74. The fourth-order valence-electron chi connectivity index (χ4n) is 2.92. The molecule has 1 heterocycles. The Morgan fingerprint density at radius 1 is 1.19 bits per heavy atom. The van der Waals surface area contributed by atoms with E-state index < -0.39 is 4.92 Å². The molecule has 0 radical (unpaired) electrons. The number of amides is 1. The summed E-state index contributed by atoms with van der Waals surface area (Å²) in [6.07, 6.45) is 4.55. The van der Waals surface area contributed by atoms with E-state index in [1.807, 2.05) is 0 Å². The van der Waals surface area contributed by atoms with Gasteiger partial charge in [-0.15, -0.1) is 0 Å². The lowest BCUT2D eigenvalue weighted by molar-refractivity contribution is -0.384. The lowest BCUT2D eigenvalue weighted by Crippen LogP contribution is -2.38. The van der Waals surface area contributed by atoms with Gasteiger partial charge < -0.3 is 15.4 Å². The number of anilines is 2. The number of non-ortho nitro benzene ring substituents is 1. The van der Waals surface area contributed by atoms with Gasteiger partial charge in [-0.25, -0.2) is 0 Å². The summed E-state index contributed by atoms with van der Waals surface area (Å²) in [6.45, 7) is 2.69. The molecular weight excluding hydrogens is 346 g/mol. The van der Waals surface area contributed by atoms with Gasteiger partial charge >= 0.3 is 0 Å². The van der Waals surface area contributed by atoms with Crippen LogP contribution in [0.2, 0.25) is 0 Å². The van der Waals surface area contributed by atoms with Crippen LogP contribution < -0.4 is 15.4 Å². The summed E-state index contributed by atoms with van der Waals surface area (Å²) < 4.78 is 5.80. The van der Waals surface area contributed by atoms with Crippen molar-refractivity contribution in [2.45, 2.75) is 26.2 Å². The Labute approximate surface area is 157 Å². The second-order valence-electron chi connectivity index (χ2n) is 6.35. The van der Waals surface area contributed by atoms with E-state index in [-0.39, 0.29) is 17.4 Å². The van der Waals surface area contributed by atoms with Crippen molar-refractivity contribution in [1.29, 1.82) is 0 Å². The molecule has 27 heavy (non-hydrogen) atoms. The Balaban J connectivity index is 1.93. The van der Waals surface area contributed by atoms with Crippen LogP contribution in [0.15, 0.2) is 48.2 Å². The van der Waals surface area contributed by atoms with Gasteiger partial charge in [-0.3, -0.25) is 14.9 Å². The topological polar surface area (TPSA) is 98.7 Å². The van der Waals surface area contributed by atoms with Crippen molar-refractivity contribution in [2.24, 2.45) is 0 Å². The largest absolute Gasteiger partial charge is 0.449 e. The SMILES string of the molecule is CCCCCN1C(=O)/C(=C\c2ccc([N+](=O)[O-])cc2)Oc2cc(N)ccc21. The highest BCUT2D eigenvalue weighted by Crippen LogP contribution is 2.37. The number of hydrogen-bond donors (Lipinski definition) is 1. The predicted molar refractivity (Wildman–Crippen MR) is 104 cm³/mol. The zero-order chi connectivity index (χ0) is 19.4. The number of benzene rings is 2. The van der Waals surface area contributed by atoms with Gasteiger partial charge in [0, 0.05) is 30.4 Å². The van der Waals surface area contributed by atoms with E-state index in [2.05, 4.69) is 6.92 Å². The zero-order valence-electron chi connectivity index (χ0n) is 15.1. The third-order valence-corrected chi connectivity index (χ3v) is 4.34. The molecule has 2 aromatic carbocycles. The number of nitro groups is 1. The minimum Gasteiger partial charge on any atom is -0.449 e. The summed E-state index contributed by atoms with van der Waals surface area (Å²) in [6, 6.07) is 11.2. The van der Waals surface area contributed by atoms with Crippen molar-refractivity contribution >= 4 is 29.0 Å². The number of carbonyl (C=O) groups excluding carboxylic acids is 1. The molecule has 7 nitrogen and oxygen atoms in total.